The van der Waals surface area contributed by atoms with Crippen LogP contribution in [0.2, 0.25) is 0 Å². The molecule has 1 aliphatic carbocycles. The van der Waals surface area contributed by atoms with Crippen LogP contribution in [0.25, 0.3) is 0 Å². The highest BCUT2D eigenvalue weighted by atomic mass is 16.6. The van der Waals surface area contributed by atoms with Gasteiger partial charge in [0.05, 0.1) is 24.8 Å². The lowest BCUT2D eigenvalue weighted by Gasteiger charge is -2.23. The highest BCUT2D eigenvalue weighted by Gasteiger charge is 2.36. The SMILES string of the molecule is COc1ccc(C(CC(=O)N2CCc3ccc([N+](=O)[O-])cc32)C2CC2)cc1OC. The molecule has 2 aliphatic rings. The summed E-state index contributed by atoms with van der Waals surface area (Å²) in [5.41, 5.74) is 2.74. The van der Waals surface area contributed by atoms with Gasteiger partial charge in [0.2, 0.25) is 5.91 Å². The third-order valence-electron chi connectivity index (χ3n) is 5.90. The number of amides is 1. The van der Waals surface area contributed by atoms with Crippen molar-refractivity contribution in [3.05, 3.63) is 57.6 Å². The molecule has 0 aromatic heterocycles. The van der Waals surface area contributed by atoms with E-state index in [-0.39, 0.29) is 17.5 Å². The topological polar surface area (TPSA) is 81.9 Å². The highest BCUT2D eigenvalue weighted by Crippen LogP contribution is 2.46. The Morgan fingerprint density at radius 2 is 1.93 bits per heavy atom. The van der Waals surface area contributed by atoms with Crippen LogP contribution < -0.4 is 14.4 Å². The minimum absolute atomic E-state index is 0.0101. The van der Waals surface area contributed by atoms with E-state index in [0.717, 1.165) is 30.4 Å². The van der Waals surface area contributed by atoms with Crippen molar-refractivity contribution in [1.29, 1.82) is 0 Å². The molecule has 0 N–H and O–H groups in total. The molecule has 152 valence electrons. The number of nitro benzene ring substituents is 1. The Bertz CT molecular complexity index is 954. The van der Waals surface area contributed by atoms with Gasteiger partial charge in [-0.05, 0) is 54.4 Å². The fourth-order valence-electron chi connectivity index (χ4n) is 4.18. The van der Waals surface area contributed by atoms with Crippen LogP contribution >= 0.6 is 0 Å². The number of nitrogens with zero attached hydrogens (tertiary/aromatic N) is 2. The van der Waals surface area contributed by atoms with E-state index < -0.39 is 4.92 Å². The van der Waals surface area contributed by atoms with Gasteiger partial charge >= 0.3 is 0 Å². The zero-order valence-corrected chi connectivity index (χ0v) is 16.6. The second kappa shape index (κ2) is 7.73. The van der Waals surface area contributed by atoms with Gasteiger partial charge in [-0.15, -0.1) is 0 Å². The van der Waals surface area contributed by atoms with Gasteiger partial charge in [0.1, 0.15) is 0 Å². The number of rotatable bonds is 7. The summed E-state index contributed by atoms with van der Waals surface area (Å²) in [7, 11) is 3.20. The van der Waals surface area contributed by atoms with Crippen molar-refractivity contribution in [3.63, 3.8) is 0 Å². The Labute approximate surface area is 169 Å². The van der Waals surface area contributed by atoms with Crippen molar-refractivity contribution in [1.82, 2.24) is 0 Å². The maximum atomic E-state index is 13.2. The molecule has 2 aromatic carbocycles. The molecule has 0 spiro atoms. The van der Waals surface area contributed by atoms with Crippen molar-refractivity contribution >= 4 is 17.3 Å². The Hall–Kier alpha value is -3.09. The Morgan fingerprint density at radius 3 is 2.59 bits per heavy atom. The zero-order chi connectivity index (χ0) is 20.5. The van der Waals surface area contributed by atoms with Gasteiger partial charge < -0.3 is 14.4 Å². The molecule has 2 aromatic rings. The number of hydrogen-bond acceptors (Lipinski definition) is 5. The van der Waals surface area contributed by atoms with E-state index in [1.54, 1.807) is 25.2 Å². The summed E-state index contributed by atoms with van der Waals surface area (Å²) in [6.45, 7) is 0.568. The molecule has 1 saturated carbocycles. The van der Waals surface area contributed by atoms with Crippen LogP contribution in [0.5, 0.6) is 11.5 Å². The van der Waals surface area contributed by atoms with E-state index in [4.69, 9.17) is 9.47 Å². The van der Waals surface area contributed by atoms with Gasteiger partial charge in [-0.2, -0.15) is 0 Å². The van der Waals surface area contributed by atoms with Crippen LogP contribution in [0.1, 0.15) is 36.3 Å². The number of hydrogen-bond donors (Lipinski definition) is 0. The summed E-state index contributed by atoms with van der Waals surface area (Å²) in [6.07, 6.45) is 3.31. The average molecular weight is 396 g/mol. The van der Waals surface area contributed by atoms with Crippen molar-refractivity contribution in [2.24, 2.45) is 5.92 Å². The Morgan fingerprint density at radius 1 is 1.17 bits per heavy atom. The quantitative estimate of drug-likeness (QED) is 0.520. The first-order valence-corrected chi connectivity index (χ1v) is 9.81. The maximum absolute atomic E-state index is 13.2. The summed E-state index contributed by atoms with van der Waals surface area (Å²) < 4.78 is 10.8. The van der Waals surface area contributed by atoms with Gasteiger partial charge in [-0.3, -0.25) is 14.9 Å². The third kappa shape index (κ3) is 3.77. The van der Waals surface area contributed by atoms with E-state index in [2.05, 4.69) is 0 Å². The molecule has 7 heteroatoms. The van der Waals surface area contributed by atoms with E-state index >= 15 is 0 Å². The largest absolute Gasteiger partial charge is 0.493 e. The van der Waals surface area contributed by atoms with Crippen LogP contribution in [0.15, 0.2) is 36.4 Å². The van der Waals surface area contributed by atoms with Crippen molar-refractivity contribution in [2.75, 3.05) is 25.7 Å². The first kappa shape index (κ1) is 19.2. The number of ether oxygens (including phenoxy) is 2. The normalized spacial score (nSPS) is 16.3. The summed E-state index contributed by atoms with van der Waals surface area (Å²) in [5, 5.41) is 11.1. The molecule has 1 fully saturated rings. The Kier molecular flexibility index (Phi) is 5.13. The van der Waals surface area contributed by atoms with Crippen LogP contribution in [0.4, 0.5) is 11.4 Å². The molecule has 0 radical (unpaired) electrons. The van der Waals surface area contributed by atoms with Crippen molar-refractivity contribution in [2.45, 2.75) is 31.6 Å². The fourth-order valence-corrected chi connectivity index (χ4v) is 4.18. The number of methoxy groups -OCH3 is 2. The third-order valence-corrected chi connectivity index (χ3v) is 5.90. The monoisotopic (exact) mass is 396 g/mol. The molecule has 0 bridgehead atoms. The van der Waals surface area contributed by atoms with Gasteiger partial charge in [-0.1, -0.05) is 12.1 Å². The van der Waals surface area contributed by atoms with Crippen LogP contribution in [-0.4, -0.2) is 31.6 Å². The maximum Gasteiger partial charge on any atom is 0.271 e. The summed E-state index contributed by atoms with van der Waals surface area (Å²) in [5.74, 6) is 1.91. The van der Waals surface area contributed by atoms with Crippen LogP contribution in [0.3, 0.4) is 0 Å². The summed E-state index contributed by atoms with van der Waals surface area (Å²) in [4.78, 5) is 25.6. The minimum atomic E-state index is -0.419. The number of nitro groups is 1. The minimum Gasteiger partial charge on any atom is -0.493 e. The molecule has 1 heterocycles. The second-order valence-electron chi connectivity index (χ2n) is 7.63. The first-order chi connectivity index (χ1) is 14.0. The lowest BCUT2D eigenvalue weighted by atomic mass is 9.90. The number of carbonyl (C=O) groups excluding carboxylic acids is 1. The highest BCUT2D eigenvalue weighted by molar-refractivity contribution is 5.96. The number of carbonyl (C=O) groups is 1. The molecule has 1 amide bonds. The number of benzene rings is 2. The fraction of sp³-hybridized carbons (Fsp3) is 0.409. The molecular weight excluding hydrogens is 372 g/mol. The first-order valence-electron chi connectivity index (χ1n) is 9.81. The van der Waals surface area contributed by atoms with E-state index in [1.165, 1.54) is 12.1 Å². The molecule has 1 unspecified atom stereocenters. The molecule has 1 aliphatic heterocycles. The average Bonchev–Trinajstić information content (AvgIpc) is 3.49. The Balaban J connectivity index is 1.57. The standard InChI is InChI=1S/C22H24N2O5/c1-28-20-8-6-16(11-21(20)29-2)18(14-3-4-14)13-22(25)23-10-9-15-5-7-17(24(26)27)12-19(15)23/h5-8,11-12,14,18H,3-4,9-10,13H2,1-2H3. The second-order valence-corrected chi connectivity index (χ2v) is 7.63. The number of fused-ring (bicyclic) bond motifs is 1. The van der Waals surface area contributed by atoms with E-state index in [0.29, 0.717) is 36.1 Å². The molecule has 29 heavy (non-hydrogen) atoms. The van der Waals surface area contributed by atoms with Gasteiger partial charge in [0, 0.05) is 25.1 Å². The lowest BCUT2D eigenvalue weighted by molar-refractivity contribution is -0.384. The van der Waals surface area contributed by atoms with E-state index in [9.17, 15) is 14.9 Å². The molecular formula is C22H24N2O5. The van der Waals surface area contributed by atoms with Crippen LogP contribution in [0, 0.1) is 16.0 Å². The predicted molar refractivity (Wildman–Crippen MR) is 109 cm³/mol. The molecule has 0 saturated heterocycles. The number of anilines is 1. The molecule has 7 nitrogen and oxygen atoms in total. The van der Waals surface area contributed by atoms with Crippen molar-refractivity contribution in [3.8, 4) is 11.5 Å². The number of non-ortho nitro benzene ring substituents is 1. The van der Waals surface area contributed by atoms with E-state index in [1.807, 2.05) is 18.2 Å². The summed E-state index contributed by atoms with van der Waals surface area (Å²) >= 11 is 0. The summed E-state index contributed by atoms with van der Waals surface area (Å²) in [6, 6.07) is 10.6. The van der Waals surface area contributed by atoms with Crippen molar-refractivity contribution < 1.29 is 19.2 Å². The van der Waals surface area contributed by atoms with Gasteiger partial charge in [0.15, 0.2) is 11.5 Å². The van der Waals surface area contributed by atoms with Crippen LogP contribution in [-0.2, 0) is 11.2 Å². The zero-order valence-electron chi connectivity index (χ0n) is 16.6. The molecule has 1 atom stereocenters. The lowest BCUT2D eigenvalue weighted by Crippen LogP contribution is -2.30. The van der Waals surface area contributed by atoms with Gasteiger partial charge in [0.25, 0.3) is 5.69 Å². The smallest absolute Gasteiger partial charge is 0.271 e. The predicted octanol–water partition coefficient (Wildman–Crippen LogP) is 4.09. The molecule has 4 rings (SSSR count). The van der Waals surface area contributed by atoms with Gasteiger partial charge in [-0.25, -0.2) is 0 Å².